The summed E-state index contributed by atoms with van der Waals surface area (Å²) in [4.78, 5) is 4.33. The second kappa shape index (κ2) is 7.29. The Kier molecular flexibility index (Phi) is 5.69. The van der Waals surface area contributed by atoms with Crippen LogP contribution in [0.5, 0.6) is 0 Å². The Morgan fingerprint density at radius 1 is 1.25 bits per heavy atom. The zero-order valence-corrected chi connectivity index (χ0v) is 14.4. The Morgan fingerprint density at radius 3 is 2.70 bits per heavy atom. The van der Waals surface area contributed by atoms with E-state index in [-0.39, 0.29) is 24.0 Å². The van der Waals surface area contributed by atoms with E-state index in [1.54, 1.807) is 0 Å². The second-order valence-corrected chi connectivity index (χ2v) is 5.68. The minimum Gasteiger partial charge on any atom is -0.356 e. The molecule has 2 aliphatic carbocycles. The van der Waals surface area contributed by atoms with Gasteiger partial charge in [-0.3, -0.25) is 4.99 Å². The Morgan fingerprint density at radius 2 is 2.00 bits per heavy atom. The maximum Gasteiger partial charge on any atom is 0.191 e. The van der Waals surface area contributed by atoms with Gasteiger partial charge >= 0.3 is 0 Å². The van der Waals surface area contributed by atoms with Gasteiger partial charge in [-0.2, -0.15) is 0 Å². The summed E-state index contributed by atoms with van der Waals surface area (Å²) >= 11 is 0. The van der Waals surface area contributed by atoms with E-state index in [1.807, 2.05) is 7.05 Å². The fourth-order valence-corrected chi connectivity index (χ4v) is 3.22. The molecule has 4 heteroatoms. The maximum absolute atomic E-state index is 4.33. The molecule has 0 aliphatic heterocycles. The summed E-state index contributed by atoms with van der Waals surface area (Å²) in [6.07, 6.45) is 6.47. The van der Waals surface area contributed by atoms with Gasteiger partial charge in [0.05, 0.1) is 0 Å². The van der Waals surface area contributed by atoms with Crippen LogP contribution in [0.1, 0.15) is 42.7 Å². The average molecular weight is 385 g/mol. The Labute approximate surface area is 138 Å². The van der Waals surface area contributed by atoms with Crippen LogP contribution in [0.2, 0.25) is 0 Å². The first-order valence-electron chi connectivity index (χ1n) is 7.42. The highest BCUT2D eigenvalue weighted by molar-refractivity contribution is 14.0. The van der Waals surface area contributed by atoms with Crippen LogP contribution in [-0.2, 0) is 6.42 Å². The molecule has 3 rings (SSSR count). The van der Waals surface area contributed by atoms with Gasteiger partial charge in [-0.1, -0.05) is 37.1 Å². The van der Waals surface area contributed by atoms with E-state index in [4.69, 9.17) is 0 Å². The summed E-state index contributed by atoms with van der Waals surface area (Å²) in [5.74, 6) is 1.62. The molecule has 1 fully saturated rings. The summed E-state index contributed by atoms with van der Waals surface area (Å²) in [7, 11) is 1.86. The number of halogens is 1. The minimum absolute atomic E-state index is 0. The number of guanidine groups is 1. The second-order valence-electron chi connectivity index (χ2n) is 5.68. The molecule has 1 saturated carbocycles. The molecule has 0 heterocycles. The topological polar surface area (TPSA) is 36.4 Å². The Balaban J connectivity index is 0.00000147. The number of benzene rings is 1. The summed E-state index contributed by atoms with van der Waals surface area (Å²) < 4.78 is 0. The molecule has 0 radical (unpaired) electrons. The smallest absolute Gasteiger partial charge is 0.191 e. The zero-order chi connectivity index (χ0) is 13.1. The molecule has 0 saturated heterocycles. The molecule has 1 unspecified atom stereocenters. The molecule has 20 heavy (non-hydrogen) atoms. The van der Waals surface area contributed by atoms with Crippen molar-refractivity contribution in [3.63, 3.8) is 0 Å². The van der Waals surface area contributed by atoms with Gasteiger partial charge in [-0.15, -0.1) is 24.0 Å². The van der Waals surface area contributed by atoms with Crippen LogP contribution < -0.4 is 10.6 Å². The standard InChI is InChI=1S/C16H23N3.HI/c1-17-16(19-14-7-3-4-8-14)18-11-13-10-12-6-2-5-9-15(12)13;/h2,5-6,9,13-14H,3-4,7-8,10-11H2,1H3,(H2,17,18,19);1H. The molecular formula is C16H24IN3. The van der Waals surface area contributed by atoms with Crippen molar-refractivity contribution in [2.75, 3.05) is 13.6 Å². The number of fused-ring (bicyclic) bond motifs is 1. The summed E-state index contributed by atoms with van der Waals surface area (Å²) in [5.41, 5.74) is 3.01. The largest absolute Gasteiger partial charge is 0.356 e. The van der Waals surface area contributed by atoms with Gasteiger partial charge in [0.25, 0.3) is 0 Å². The molecule has 1 aromatic rings. The average Bonchev–Trinajstić information content (AvgIpc) is 2.91. The van der Waals surface area contributed by atoms with Gasteiger partial charge in [0.1, 0.15) is 0 Å². The van der Waals surface area contributed by atoms with Gasteiger partial charge in [0.15, 0.2) is 5.96 Å². The lowest BCUT2D eigenvalue weighted by atomic mass is 9.78. The minimum atomic E-state index is 0. The van der Waals surface area contributed by atoms with Crippen LogP contribution in [0.25, 0.3) is 0 Å². The van der Waals surface area contributed by atoms with Crippen LogP contribution in [0.15, 0.2) is 29.3 Å². The van der Waals surface area contributed by atoms with E-state index in [1.165, 1.54) is 43.2 Å². The Bertz CT molecular complexity index is 467. The molecule has 0 amide bonds. The molecule has 110 valence electrons. The van der Waals surface area contributed by atoms with Gasteiger partial charge in [0.2, 0.25) is 0 Å². The summed E-state index contributed by atoms with van der Waals surface area (Å²) in [5, 5.41) is 7.01. The fourth-order valence-electron chi connectivity index (χ4n) is 3.22. The third-order valence-corrected chi connectivity index (χ3v) is 4.40. The maximum atomic E-state index is 4.33. The molecule has 1 atom stereocenters. The number of hydrogen-bond donors (Lipinski definition) is 2. The lowest BCUT2D eigenvalue weighted by Gasteiger charge is -2.31. The van der Waals surface area contributed by atoms with E-state index in [0.29, 0.717) is 12.0 Å². The van der Waals surface area contributed by atoms with E-state index >= 15 is 0 Å². The van der Waals surface area contributed by atoms with Crippen molar-refractivity contribution in [2.24, 2.45) is 4.99 Å². The van der Waals surface area contributed by atoms with Gasteiger partial charge < -0.3 is 10.6 Å². The summed E-state index contributed by atoms with van der Waals surface area (Å²) in [6.45, 7) is 0.989. The van der Waals surface area contributed by atoms with Gasteiger partial charge in [0, 0.05) is 25.6 Å². The van der Waals surface area contributed by atoms with Crippen LogP contribution in [0.3, 0.4) is 0 Å². The first-order chi connectivity index (χ1) is 9.36. The van der Waals surface area contributed by atoms with E-state index < -0.39 is 0 Å². The van der Waals surface area contributed by atoms with Crippen LogP contribution in [-0.4, -0.2) is 25.6 Å². The number of rotatable bonds is 3. The quantitative estimate of drug-likeness (QED) is 0.477. The van der Waals surface area contributed by atoms with Crippen molar-refractivity contribution >= 4 is 29.9 Å². The number of nitrogens with zero attached hydrogens (tertiary/aromatic N) is 1. The molecule has 1 aromatic carbocycles. The van der Waals surface area contributed by atoms with Crippen LogP contribution in [0.4, 0.5) is 0 Å². The number of hydrogen-bond acceptors (Lipinski definition) is 1. The van der Waals surface area contributed by atoms with Crippen molar-refractivity contribution < 1.29 is 0 Å². The SMILES string of the molecule is CN=C(NCC1Cc2ccccc21)NC1CCCC1.I. The van der Waals surface area contributed by atoms with Crippen molar-refractivity contribution in [1.82, 2.24) is 10.6 Å². The normalized spacial score (nSPS) is 21.6. The highest BCUT2D eigenvalue weighted by Gasteiger charge is 2.25. The zero-order valence-electron chi connectivity index (χ0n) is 12.1. The van der Waals surface area contributed by atoms with Crippen molar-refractivity contribution in [1.29, 1.82) is 0 Å². The van der Waals surface area contributed by atoms with E-state index in [9.17, 15) is 0 Å². The Hall–Kier alpha value is -0.780. The first-order valence-corrected chi connectivity index (χ1v) is 7.42. The number of nitrogens with one attached hydrogen (secondary N) is 2. The predicted octanol–water partition coefficient (Wildman–Crippen LogP) is 3.05. The van der Waals surface area contributed by atoms with E-state index in [0.717, 1.165) is 12.5 Å². The van der Waals surface area contributed by atoms with Crippen molar-refractivity contribution in [2.45, 2.75) is 44.1 Å². The summed E-state index contributed by atoms with van der Waals surface area (Å²) in [6, 6.07) is 9.37. The van der Waals surface area contributed by atoms with Crippen LogP contribution >= 0.6 is 24.0 Å². The van der Waals surface area contributed by atoms with Gasteiger partial charge in [-0.25, -0.2) is 0 Å². The molecule has 0 spiro atoms. The molecular weight excluding hydrogens is 361 g/mol. The third-order valence-electron chi connectivity index (χ3n) is 4.40. The molecule has 0 bridgehead atoms. The first kappa shape index (κ1) is 15.6. The lowest BCUT2D eigenvalue weighted by molar-refractivity contribution is 0.567. The predicted molar refractivity (Wildman–Crippen MR) is 95.1 cm³/mol. The highest BCUT2D eigenvalue weighted by atomic mass is 127. The fraction of sp³-hybridized carbons (Fsp3) is 0.562. The third kappa shape index (κ3) is 3.45. The highest BCUT2D eigenvalue weighted by Crippen LogP contribution is 2.33. The van der Waals surface area contributed by atoms with E-state index in [2.05, 4.69) is 39.9 Å². The molecule has 0 aromatic heterocycles. The van der Waals surface area contributed by atoms with Gasteiger partial charge in [-0.05, 0) is 30.4 Å². The monoisotopic (exact) mass is 385 g/mol. The van der Waals surface area contributed by atoms with Crippen LogP contribution in [0, 0.1) is 0 Å². The van der Waals surface area contributed by atoms with Crippen molar-refractivity contribution in [3.05, 3.63) is 35.4 Å². The van der Waals surface area contributed by atoms with Crippen molar-refractivity contribution in [3.8, 4) is 0 Å². The molecule has 2 N–H and O–H groups in total. The molecule has 3 nitrogen and oxygen atoms in total. The lowest BCUT2D eigenvalue weighted by Crippen LogP contribution is -2.44. The number of aliphatic imine (C=N–C) groups is 1. The molecule has 2 aliphatic rings.